The van der Waals surface area contributed by atoms with Crippen molar-refractivity contribution in [1.29, 1.82) is 10.5 Å². The third kappa shape index (κ3) is 5.33. The predicted molar refractivity (Wildman–Crippen MR) is 127 cm³/mol. The predicted octanol–water partition coefficient (Wildman–Crippen LogP) is 4.68. The molecule has 0 aromatic carbocycles. The maximum atomic E-state index is 9.53. The molecular formula is C23H28N2O2S3. The maximum absolute atomic E-state index is 9.53. The number of nitriles is 2. The number of rotatable bonds is 10. The normalized spacial score (nSPS) is 16.5. The van der Waals surface area contributed by atoms with Crippen molar-refractivity contribution >= 4 is 44.7 Å². The molecule has 3 rings (SSSR count). The molecule has 0 saturated carbocycles. The van der Waals surface area contributed by atoms with Crippen LogP contribution in [0.5, 0.6) is 0 Å². The Labute approximate surface area is 191 Å². The molecule has 1 aromatic rings. The molecule has 4 nitrogen and oxygen atoms in total. The van der Waals surface area contributed by atoms with E-state index in [-0.39, 0.29) is 11.0 Å². The van der Waals surface area contributed by atoms with Gasteiger partial charge in [-0.25, -0.2) is 0 Å². The summed E-state index contributed by atoms with van der Waals surface area (Å²) in [6.07, 6.45) is 6.02. The topological polar surface area (TPSA) is 66.0 Å². The summed E-state index contributed by atoms with van der Waals surface area (Å²) in [7, 11) is 0. The van der Waals surface area contributed by atoms with Crippen LogP contribution in [0.1, 0.15) is 50.7 Å². The van der Waals surface area contributed by atoms with Gasteiger partial charge in [0.05, 0.1) is 26.5 Å². The average molecular weight is 461 g/mol. The first-order valence-electron chi connectivity index (χ1n) is 10.5. The molecule has 1 aliphatic heterocycles. The lowest BCUT2D eigenvalue weighted by atomic mass is 9.86. The number of nitrogens with zero attached hydrogens (tertiary/aromatic N) is 2. The summed E-state index contributed by atoms with van der Waals surface area (Å²) in [5.74, 6) is 0. The first-order chi connectivity index (χ1) is 14.7. The summed E-state index contributed by atoms with van der Waals surface area (Å²) in [6.45, 7) is 7.17. The van der Waals surface area contributed by atoms with Crippen LogP contribution < -0.4 is 9.06 Å². The maximum Gasteiger partial charge on any atom is 0.147 e. The van der Waals surface area contributed by atoms with Crippen molar-refractivity contribution in [3.8, 4) is 12.1 Å². The standard InChI is InChI=1S/C23H28N2O2S3/c1-3-5-7-26-15-23(16-27-8-6-4-2)11-18-19(12-23)21(22-28-9-10-29-22)30-20(18)17(13-24)14-25/h9-10H,3-8,11-12,15-16H2,1-2H3. The van der Waals surface area contributed by atoms with E-state index in [1.807, 2.05) is 0 Å². The number of fused-ring (bicyclic) bond motifs is 1. The minimum atomic E-state index is -0.123. The van der Waals surface area contributed by atoms with Crippen LogP contribution in [0.4, 0.5) is 0 Å². The zero-order valence-electron chi connectivity index (χ0n) is 17.7. The Hall–Kier alpha value is -1.22. The number of unbranched alkanes of at least 4 members (excludes halogenated alkanes) is 2. The lowest BCUT2D eigenvalue weighted by Gasteiger charge is -2.29. The highest BCUT2D eigenvalue weighted by Gasteiger charge is 2.41. The zero-order chi connectivity index (χ0) is 21.4. The smallest absolute Gasteiger partial charge is 0.147 e. The third-order valence-electron chi connectivity index (χ3n) is 5.36. The molecule has 0 unspecified atom stereocenters. The lowest BCUT2D eigenvalue weighted by Crippen LogP contribution is -2.35. The summed E-state index contributed by atoms with van der Waals surface area (Å²) in [4.78, 5) is 0. The van der Waals surface area contributed by atoms with Crippen LogP contribution in [-0.4, -0.2) is 26.4 Å². The van der Waals surface area contributed by atoms with Crippen LogP contribution in [0.2, 0.25) is 0 Å². The number of hydrogen-bond donors (Lipinski definition) is 0. The highest BCUT2D eigenvalue weighted by atomic mass is 32.2. The van der Waals surface area contributed by atoms with Crippen LogP contribution in [0, 0.1) is 28.1 Å². The van der Waals surface area contributed by atoms with E-state index in [0.29, 0.717) is 13.2 Å². The molecule has 0 amide bonds. The minimum Gasteiger partial charge on any atom is -0.381 e. The first kappa shape index (κ1) is 23.4. The molecule has 1 aliphatic carbocycles. The van der Waals surface area contributed by atoms with Gasteiger partial charge in [-0.2, -0.15) is 10.5 Å². The van der Waals surface area contributed by atoms with Crippen molar-refractivity contribution in [2.45, 2.75) is 52.4 Å². The van der Waals surface area contributed by atoms with Crippen LogP contribution in [-0.2, 0) is 22.3 Å². The van der Waals surface area contributed by atoms with Gasteiger partial charge in [-0.3, -0.25) is 0 Å². The number of thioether (sulfide) groups is 2. The molecule has 0 radical (unpaired) electrons. The Morgan fingerprint density at radius 3 is 2.07 bits per heavy atom. The Morgan fingerprint density at radius 1 is 0.967 bits per heavy atom. The van der Waals surface area contributed by atoms with Crippen molar-refractivity contribution in [3.05, 3.63) is 31.0 Å². The largest absolute Gasteiger partial charge is 0.381 e. The quantitative estimate of drug-likeness (QED) is 0.472. The Bertz CT molecular complexity index is 944. The van der Waals surface area contributed by atoms with Gasteiger partial charge in [0.15, 0.2) is 0 Å². The molecule has 160 valence electrons. The second kappa shape index (κ2) is 11.4. The highest BCUT2D eigenvalue weighted by molar-refractivity contribution is 8.34. The summed E-state index contributed by atoms with van der Waals surface area (Å²) in [5.41, 5.74) is 2.54. The van der Waals surface area contributed by atoms with Crippen molar-refractivity contribution in [1.82, 2.24) is 0 Å². The molecule has 1 aromatic heterocycles. The first-order valence-corrected chi connectivity index (χ1v) is 13.1. The summed E-state index contributed by atoms with van der Waals surface area (Å²) >= 11 is 5.04. The van der Waals surface area contributed by atoms with Gasteiger partial charge < -0.3 is 9.47 Å². The van der Waals surface area contributed by atoms with E-state index < -0.39 is 0 Å². The van der Waals surface area contributed by atoms with Gasteiger partial charge in [0.25, 0.3) is 0 Å². The van der Waals surface area contributed by atoms with E-state index in [4.69, 9.17) is 9.47 Å². The van der Waals surface area contributed by atoms with Gasteiger partial charge in [0.2, 0.25) is 0 Å². The summed E-state index contributed by atoms with van der Waals surface area (Å²) in [5, 5.41) is 23.3. The van der Waals surface area contributed by atoms with E-state index in [1.54, 1.807) is 34.9 Å². The fraction of sp³-hybridized carbons (Fsp3) is 0.565. The fourth-order valence-corrected chi connectivity index (χ4v) is 7.17. The molecule has 0 spiro atoms. The fourth-order valence-electron chi connectivity index (χ4n) is 3.81. The summed E-state index contributed by atoms with van der Waals surface area (Å²) in [6, 6.07) is 4.23. The van der Waals surface area contributed by atoms with Gasteiger partial charge in [0.1, 0.15) is 17.7 Å². The number of hydrogen-bond acceptors (Lipinski definition) is 7. The number of ether oxygens (including phenoxy) is 2. The van der Waals surface area contributed by atoms with Gasteiger partial charge in [-0.15, -0.1) is 11.3 Å². The molecule has 0 saturated heterocycles. The van der Waals surface area contributed by atoms with Crippen LogP contribution in [0.25, 0.3) is 9.81 Å². The molecule has 2 heterocycles. The van der Waals surface area contributed by atoms with E-state index in [9.17, 15) is 10.5 Å². The highest BCUT2D eigenvalue weighted by Crippen LogP contribution is 2.41. The summed E-state index contributed by atoms with van der Waals surface area (Å²) < 4.78 is 15.5. The van der Waals surface area contributed by atoms with E-state index in [1.165, 1.54) is 14.3 Å². The van der Waals surface area contributed by atoms with Crippen molar-refractivity contribution in [3.63, 3.8) is 0 Å². The van der Waals surface area contributed by atoms with Crippen LogP contribution >= 0.6 is 34.9 Å². The van der Waals surface area contributed by atoms with Crippen LogP contribution in [0.3, 0.4) is 0 Å². The molecule has 2 aliphatic rings. The lowest BCUT2D eigenvalue weighted by molar-refractivity contribution is -0.0188. The second-order valence-corrected chi connectivity index (χ2v) is 10.9. The van der Waals surface area contributed by atoms with Crippen LogP contribution in [0.15, 0.2) is 10.8 Å². The number of thiophene rings is 1. The van der Waals surface area contributed by atoms with Gasteiger partial charge >= 0.3 is 0 Å². The Balaban J connectivity index is 1.98. The van der Waals surface area contributed by atoms with E-state index in [0.717, 1.165) is 61.8 Å². The monoisotopic (exact) mass is 460 g/mol. The third-order valence-corrected chi connectivity index (χ3v) is 9.06. The zero-order valence-corrected chi connectivity index (χ0v) is 20.1. The van der Waals surface area contributed by atoms with Gasteiger partial charge in [0, 0.05) is 18.6 Å². The molecule has 30 heavy (non-hydrogen) atoms. The van der Waals surface area contributed by atoms with Crippen molar-refractivity contribution in [2.24, 2.45) is 5.41 Å². The van der Waals surface area contributed by atoms with Gasteiger partial charge in [-0.05, 0) is 47.6 Å². The second-order valence-electron chi connectivity index (χ2n) is 7.78. The molecular weight excluding hydrogens is 432 g/mol. The molecule has 0 atom stereocenters. The molecule has 0 bridgehead atoms. The molecule has 0 fully saturated rings. The Kier molecular flexibility index (Phi) is 8.92. The van der Waals surface area contributed by atoms with E-state index >= 15 is 0 Å². The van der Waals surface area contributed by atoms with Gasteiger partial charge in [-0.1, -0.05) is 50.2 Å². The molecule has 0 N–H and O–H groups in total. The average Bonchev–Trinajstić information content (AvgIpc) is 3.47. The minimum absolute atomic E-state index is 0.123. The SMILES string of the molecule is CCCCOCC1(COCCCC)Cc2c(c(=C3SC=CS3)sc2=C(C#N)C#N)C1. The molecule has 7 heteroatoms. The Morgan fingerprint density at radius 2 is 1.53 bits per heavy atom. The van der Waals surface area contributed by atoms with E-state index in [2.05, 4.69) is 36.8 Å². The van der Waals surface area contributed by atoms with Crippen molar-refractivity contribution in [2.75, 3.05) is 26.4 Å². The van der Waals surface area contributed by atoms with Crippen molar-refractivity contribution < 1.29 is 9.47 Å².